The molecule has 1 unspecified atom stereocenters. The molecule has 0 fully saturated rings. The van der Waals surface area contributed by atoms with Gasteiger partial charge in [0.05, 0.1) is 12.6 Å². The average molecular weight is 236 g/mol. The molecule has 0 aliphatic rings. The van der Waals surface area contributed by atoms with Crippen molar-refractivity contribution in [2.75, 3.05) is 14.2 Å². The second-order valence-electron chi connectivity index (χ2n) is 4.29. The van der Waals surface area contributed by atoms with Gasteiger partial charge >= 0.3 is 0 Å². The number of carbonyl (C=O) groups excluding carboxylic acids is 1. The van der Waals surface area contributed by atoms with Crippen molar-refractivity contribution >= 4 is 5.91 Å². The van der Waals surface area contributed by atoms with Crippen molar-refractivity contribution in [2.24, 2.45) is 5.73 Å². The number of amides is 1. The zero-order chi connectivity index (χ0) is 12.9. The van der Waals surface area contributed by atoms with Gasteiger partial charge in [-0.05, 0) is 44.5 Å². The largest absolute Gasteiger partial charge is 0.497 e. The number of carbonyl (C=O) groups is 1. The van der Waals surface area contributed by atoms with Crippen LogP contribution in [0.4, 0.5) is 0 Å². The third kappa shape index (κ3) is 3.46. The molecule has 4 heteroatoms. The van der Waals surface area contributed by atoms with Crippen molar-refractivity contribution in [3.05, 3.63) is 29.8 Å². The third-order valence-electron chi connectivity index (χ3n) is 3.17. The molecule has 0 radical (unpaired) electrons. The van der Waals surface area contributed by atoms with E-state index in [4.69, 9.17) is 10.5 Å². The molecule has 0 aliphatic carbocycles. The van der Waals surface area contributed by atoms with Gasteiger partial charge in [-0.3, -0.25) is 4.79 Å². The topological polar surface area (TPSA) is 64.3 Å². The number of primary amides is 1. The molecular weight excluding hydrogens is 216 g/mol. The Morgan fingerprint density at radius 3 is 2.41 bits per heavy atom. The van der Waals surface area contributed by atoms with Crippen molar-refractivity contribution < 1.29 is 9.53 Å². The Morgan fingerprint density at radius 1 is 1.41 bits per heavy atom. The van der Waals surface area contributed by atoms with Crippen molar-refractivity contribution in [3.8, 4) is 5.75 Å². The quantitative estimate of drug-likeness (QED) is 0.777. The van der Waals surface area contributed by atoms with Gasteiger partial charge in [0.1, 0.15) is 5.75 Å². The van der Waals surface area contributed by atoms with E-state index in [0.717, 1.165) is 17.7 Å². The molecule has 0 aromatic heterocycles. The lowest BCUT2D eigenvalue weighted by molar-refractivity contribution is -0.123. The molecule has 0 saturated carbocycles. The van der Waals surface area contributed by atoms with Gasteiger partial charge in [-0.25, -0.2) is 0 Å². The van der Waals surface area contributed by atoms with E-state index in [2.05, 4.69) is 5.32 Å². The smallest absolute Gasteiger partial charge is 0.237 e. The normalized spacial score (nSPS) is 14.1. The number of hydrogen-bond donors (Lipinski definition) is 2. The van der Waals surface area contributed by atoms with Crippen LogP contribution in [0.2, 0.25) is 0 Å². The predicted octanol–water partition coefficient (Wildman–Crippen LogP) is 1.09. The van der Waals surface area contributed by atoms with E-state index in [1.807, 2.05) is 31.2 Å². The number of nitrogens with one attached hydrogen (secondary N) is 1. The number of nitrogens with two attached hydrogens (primary N) is 1. The summed E-state index contributed by atoms with van der Waals surface area (Å²) in [6, 6.07) is 7.82. The fourth-order valence-corrected chi connectivity index (χ4v) is 1.56. The molecule has 0 saturated heterocycles. The van der Waals surface area contributed by atoms with Crippen LogP contribution in [0, 0.1) is 0 Å². The first-order chi connectivity index (χ1) is 8.01. The molecule has 0 heterocycles. The minimum Gasteiger partial charge on any atom is -0.497 e. The Labute approximate surface area is 102 Å². The van der Waals surface area contributed by atoms with Gasteiger partial charge in [-0.15, -0.1) is 0 Å². The van der Waals surface area contributed by atoms with Gasteiger partial charge in [0.2, 0.25) is 5.91 Å². The van der Waals surface area contributed by atoms with E-state index in [-0.39, 0.29) is 5.91 Å². The van der Waals surface area contributed by atoms with E-state index in [1.54, 1.807) is 14.2 Å². The summed E-state index contributed by atoms with van der Waals surface area (Å²) in [5.74, 6) is 0.508. The number of aryl methyl sites for hydroxylation is 1. The van der Waals surface area contributed by atoms with E-state index in [9.17, 15) is 4.79 Å². The molecule has 1 amide bonds. The maximum absolute atomic E-state index is 11.3. The van der Waals surface area contributed by atoms with Crippen molar-refractivity contribution in [3.63, 3.8) is 0 Å². The van der Waals surface area contributed by atoms with Gasteiger partial charge in [0.25, 0.3) is 0 Å². The molecule has 0 spiro atoms. The first kappa shape index (κ1) is 13.5. The summed E-state index contributed by atoms with van der Waals surface area (Å²) < 4.78 is 5.09. The first-order valence-electron chi connectivity index (χ1n) is 5.63. The Hall–Kier alpha value is -1.55. The molecule has 0 aliphatic heterocycles. The lowest BCUT2D eigenvalue weighted by Gasteiger charge is -2.25. The van der Waals surface area contributed by atoms with Crippen LogP contribution in [0.15, 0.2) is 24.3 Å². The fourth-order valence-electron chi connectivity index (χ4n) is 1.56. The Morgan fingerprint density at radius 2 is 2.00 bits per heavy atom. The van der Waals surface area contributed by atoms with E-state index in [1.165, 1.54) is 0 Å². The van der Waals surface area contributed by atoms with Crippen LogP contribution in [-0.2, 0) is 11.2 Å². The van der Waals surface area contributed by atoms with Crippen LogP contribution >= 0.6 is 0 Å². The van der Waals surface area contributed by atoms with Crippen molar-refractivity contribution in [1.29, 1.82) is 0 Å². The molecule has 94 valence electrons. The van der Waals surface area contributed by atoms with Crippen LogP contribution < -0.4 is 15.8 Å². The molecule has 4 nitrogen and oxygen atoms in total. The highest BCUT2D eigenvalue weighted by Crippen LogP contribution is 2.16. The van der Waals surface area contributed by atoms with Crippen LogP contribution in [0.1, 0.15) is 18.9 Å². The molecule has 1 rings (SSSR count). The third-order valence-corrected chi connectivity index (χ3v) is 3.17. The molecule has 1 aromatic carbocycles. The predicted molar refractivity (Wildman–Crippen MR) is 68.0 cm³/mol. The van der Waals surface area contributed by atoms with Crippen molar-refractivity contribution in [1.82, 2.24) is 5.32 Å². The van der Waals surface area contributed by atoms with Crippen LogP contribution in [0.25, 0.3) is 0 Å². The zero-order valence-corrected chi connectivity index (χ0v) is 10.6. The number of hydrogen-bond acceptors (Lipinski definition) is 3. The molecule has 3 N–H and O–H groups in total. The highest BCUT2D eigenvalue weighted by atomic mass is 16.5. The highest BCUT2D eigenvalue weighted by Gasteiger charge is 2.28. The van der Waals surface area contributed by atoms with Crippen LogP contribution in [0.3, 0.4) is 0 Å². The second kappa shape index (κ2) is 5.68. The Kier molecular flexibility index (Phi) is 4.52. The summed E-state index contributed by atoms with van der Waals surface area (Å²) in [6.07, 6.45) is 1.47. The van der Waals surface area contributed by atoms with E-state index in [0.29, 0.717) is 6.42 Å². The second-order valence-corrected chi connectivity index (χ2v) is 4.29. The summed E-state index contributed by atoms with van der Waals surface area (Å²) in [4.78, 5) is 11.3. The van der Waals surface area contributed by atoms with Gasteiger partial charge in [-0.2, -0.15) is 0 Å². The molecule has 0 bridgehead atoms. The lowest BCUT2D eigenvalue weighted by Crippen LogP contribution is -2.51. The summed E-state index contributed by atoms with van der Waals surface area (Å²) in [5, 5.41) is 2.97. The maximum atomic E-state index is 11.3. The van der Waals surface area contributed by atoms with E-state index < -0.39 is 5.54 Å². The fraction of sp³-hybridized carbons (Fsp3) is 0.462. The maximum Gasteiger partial charge on any atom is 0.237 e. The summed E-state index contributed by atoms with van der Waals surface area (Å²) in [7, 11) is 3.39. The van der Waals surface area contributed by atoms with E-state index >= 15 is 0 Å². The Balaban J connectivity index is 2.63. The molecule has 1 atom stereocenters. The number of rotatable bonds is 6. The number of benzene rings is 1. The average Bonchev–Trinajstić information content (AvgIpc) is 2.36. The first-order valence-corrected chi connectivity index (χ1v) is 5.63. The summed E-state index contributed by atoms with van der Waals surface area (Å²) in [6.45, 7) is 1.82. The zero-order valence-electron chi connectivity index (χ0n) is 10.6. The molecular formula is C13H20N2O2. The van der Waals surface area contributed by atoms with Gasteiger partial charge < -0.3 is 15.8 Å². The Bertz CT molecular complexity index is 376. The molecule has 1 aromatic rings. The summed E-state index contributed by atoms with van der Waals surface area (Å²) in [5.41, 5.74) is 5.88. The standard InChI is InChI=1S/C13H20N2O2/c1-13(15-2,12(14)16)9-8-10-4-6-11(17-3)7-5-10/h4-7,15H,8-9H2,1-3H3,(H2,14,16). The minimum atomic E-state index is -0.653. The molecule has 17 heavy (non-hydrogen) atoms. The minimum absolute atomic E-state index is 0.325. The lowest BCUT2D eigenvalue weighted by atomic mass is 9.93. The highest BCUT2D eigenvalue weighted by molar-refractivity contribution is 5.84. The van der Waals surface area contributed by atoms with Crippen LogP contribution in [-0.4, -0.2) is 25.6 Å². The van der Waals surface area contributed by atoms with Gasteiger partial charge in [0.15, 0.2) is 0 Å². The van der Waals surface area contributed by atoms with Crippen LogP contribution in [0.5, 0.6) is 5.75 Å². The number of likely N-dealkylation sites (N-methyl/N-ethyl adjacent to an activating group) is 1. The number of ether oxygens (including phenoxy) is 1. The SMILES string of the molecule is CNC(C)(CCc1ccc(OC)cc1)C(N)=O. The van der Waals surface area contributed by atoms with Gasteiger partial charge in [0, 0.05) is 0 Å². The monoisotopic (exact) mass is 236 g/mol. The summed E-state index contributed by atoms with van der Waals surface area (Å²) >= 11 is 0. The number of methoxy groups -OCH3 is 1. The van der Waals surface area contributed by atoms with Gasteiger partial charge in [-0.1, -0.05) is 12.1 Å². The van der Waals surface area contributed by atoms with Crippen molar-refractivity contribution in [2.45, 2.75) is 25.3 Å².